The standard InChI is InChI=1S/C74H141NO5/c1-3-5-7-9-11-13-15-17-19-35-40-44-48-52-56-60-64-68-74(79)80-69-65-61-57-53-49-45-41-37-34-32-30-28-26-24-22-20-21-23-25-27-29-31-33-36-39-43-47-51-55-59-63-67-73(78)75-71(70-76)72(77)66-62-58-54-50-46-42-38-18-16-14-12-10-8-6-4-2/h11,13,17,19,62,66,71-72,76-77H,3-10,12,14-16,18,20-61,63-65,67-70H2,1-2H3,(H,75,78)/b13-11-,19-17-,66-62+. The van der Waals surface area contributed by atoms with Crippen LogP contribution in [0.5, 0.6) is 0 Å². The van der Waals surface area contributed by atoms with Crippen molar-refractivity contribution >= 4 is 11.9 Å². The van der Waals surface area contributed by atoms with Gasteiger partial charge < -0.3 is 20.3 Å². The van der Waals surface area contributed by atoms with E-state index in [1.165, 1.54) is 321 Å². The molecule has 0 aliphatic heterocycles. The van der Waals surface area contributed by atoms with E-state index in [-0.39, 0.29) is 18.5 Å². The first-order valence-electron chi connectivity index (χ1n) is 36.3. The molecule has 0 aromatic carbocycles. The lowest BCUT2D eigenvalue weighted by molar-refractivity contribution is -0.143. The number of nitrogens with one attached hydrogen (secondary N) is 1. The number of unbranched alkanes of at least 4 members (excludes halogenated alkanes) is 53. The average Bonchev–Trinajstić information content (AvgIpc) is 3.46. The van der Waals surface area contributed by atoms with Crippen LogP contribution < -0.4 is 5.32 Å². The van der Waals surface area contributed by atoms with E-state index >= 15 is 0 Å². The number of amides is 1. The quantitative estimate of drug-likeness (QED) is 0.0320. The topological polar surface area (TPSA) is 95.9 Å². The van der Waals surface area contributed by atoms with Crippen LogP contribution in [0.15, 0.2) is 36.5 Å². The molecule has 0 rings (SSSR count). The summed E-state index contributed by atoms with van der Waals surface area (Å²) in [5.74, 6) is -0.0485. The Bertz CT molecular complexity index is 1300. The third kappa shape index (κ3) is 65.2. The van der Waals surface area contributed by atoms with Gasteiger partial charge in [0.1, 0.15) is 0 Å². The summed E-state index contributed by atoms with van der Waals surface area (Å²) in [6, 6.07) is -0.624. The van der Waals surface area contributed by atoms with Crippen LogP contribution in [0, 0.1) is 0 Å². The van der Waals surface area contributed by atoms with Gasteiger partial charge in [-0.05, 0) is 64.2 Å². The predicted molar refractivity (Wildman–Crippen MR) is 352 cm³/mol. The van der Waals surface area contributed by atoms with Crippen LogP contribution in [0.2, 0.25) is 0 Å². The van der Waals surface area contributed by atoms with Crippen LogP contribution in [0.25, 0.3) is 0 Å². The summed E-state index contributed by atoms with van der Waals surface area (Å²) in [6.07, 6.45) is 89.5. The minimum Gasteiger partial charge on any atom is -0.466 e. The van der Waals surface area contributed by atoms with E-state index in [0.717, 1.165) is 51.4 Å². The van der Waals surface area contributed by atoms with Gasteiger partial charge in [0.15, 0.2) is 0 Å². The highest BCUT2D eigenvalue weighted by molar-refractivity contribution is 5.76. The second kappa shape index (κ2) is 69.6. The van der Waals surface area contributed by atoms with E-state index in [9.17, 15) is 19.8 Å². The lowest BCUT2D eigenvalue weighted by Gasteiger charge is -2.20. The number of hydrogen-bond acceptors (Lipinski definition) is 5. The smallest absolute Gasteiger partial charge is 0.305 e. The highest BCUT2D eigenvalue weighted by atomic mass is 16.5. The van der Waals surface area contributed by atoms with Gasteiger partial charge in [-0.25, -0.2) is 0 Å². The molecule has 0 bridgehead atoms. The Morgan fingerprint density at radius 2 is 0.625 bits per heavy atom. The number of aliphatic hydroxyl groups excluding tert-OH is 2. The zero-order valence-corrected chi connectivity index (χ0v) is 54.1. The molecule has 0 aliphatic rings. The van der Waals surface area contributed by atoms with Crippen molar-refractivity contribution in [1.29, 1.82) is 0 Å². The van der Waals surface area contributed by atoms with E-state index in [1.807, 2.05) is 6.08 Å². The minimum atomic E-state index is -0.841. The number of ether oxygens (including phenoxy) is 1. The zero-order valence-electron chi connectivity index (χ0n) is 54.1. The Hall–Kier alpha value is -1.92. The lowest BCUT2D eigenvalue weighted by Crippen LogP contribution is -2.45. The highest BCUT2D eigenvalue weighted by Crippen LogP contribution is 2.19. The van der Waals surface area contributed by atoms with Crippen molar-refractivity contribution in [3.05, 3.63) is 36.5 Å². The first-order chi connectivity index (χ1) is 39.5. The molecule has 1 amide bonds. The van der Waals surface area contributed by atoms with Crippen LogP contribution in [0.4, 0.5) is 0 Å². The summed E-state index contributed by atoms with van der Waals surface area (Å²) in [5.41, 5.74) is 0. The molecule has 0 aliphatic carbocycles. The average molecular weight is 1120 g/mol. The number of rotatable bonds is 68. The van der Waals surface area contributed by atoms with Crippen LogP contribution in [0.1, 0.15) is 399 Å². The first kappa shape index (κ1) is 78.1. The molecule has 472 valence electrons. The van der Waals surface area contributed by atoms with Gasteiger partial charge in [0.05, 0.1) is 25.4 Å². The first-order valence-corrected chi connectivity index (χ1v) is 36.3. The van der Waals surface area contributed by atoms with Gasteiger partial charge in [-0.15, -0.1) is 0 Å². The lowest BCUT2D eigenvalue weighted by atomic mass is 10.0. The fourth-order valence-electron chi connectivity index (χ4n) is 11.4. The van der Waals surface area contributed by atoms with Crippen molar-refractivity contribution in [2.75, 3.05) is 13.2 Å². The van der Waals surface area contributed by atoms with Crippen molar-refractivity contribution in [1.82, 2.24) is 5.32 Å². The number of hydrogen-bond donors (Lipinski definition) is 3. The normalized spacial score (nSPS) is 12.7. The number of esters is 1. The molecule has 0 aromatic heterocycles. The molecular weight excluding hydrogens is 983 g/mol. The van der Waals surface area contributed by atoms with Crippen molar-refractivity contribution in [3.8, 4) is 0 Å². The predicted octanol–water partition coefficient (Wildman–Crippen LogP) is 23.5. The van der Waals surface area contributed by atoms with Gasteiger partial charge in [-0.3, -0.25) is 9.59 Å². The Morgan fingerprint density at radius 3 is 0.975 bits per heavy atom. The molecule has 0 fully saturated rings. The molecule has 0 saturated heterocycles. The maximum Gasteiger partial charge on any atom is 0.305 e. The number of aliphatic hydroxyl groups is 2. The van der Waals surface area contributed by atoms with E-state index < -0.39 is 12.1 Å². The van der Waals surface area contributed by atoms with Crippen molar-refractivity contribution in [2.24, 2.45) is 0 Å². The van der Waals surface area contributed by atoms with Gasteiger partial charge in [-0.2, -0.15) is 0 Å². The maximum absolute atomic E-state index is 12.5. The Kier molecular flexibility index (Phi) is 67.9. The second-order valence-electron chi connectivity index (χ2n) is 24.9. The Balaban J connectivity index is 3.33. The molecule has 3 N–H and O–H groups in total. The largest absolute Gasteiger partial charge is 0.466 e. The molecule has 0 heterocycles. The summed E-state index contributed by atoms with van der Waals surface area (Å²) in [7, 11) is 0. The third-order valence-electron chi connectivity index (χ3n) is 16.9. The van der Waals surface area contributed by atoms with Gasteiger partial charge >= 0.3 is 5.97 Å². The number of allylic oxidation sites excluding steroid dienone is 5. The van der Waals surface area contributed by atoms with Crippen LogP contribution in [-0.4, -0.2) is 47.4 Å². The number of carbonyl (C=O) groups excluding carboxylic acids is 2. The van der Waals surface area contributed by atoms with Crippen LogP contribution >= 0.6 is 0 Å². The summed E-state index contributed by atoms with van der Waals surface area (Å²) in [5, 5.41) is 23.2. The maximum atomic E-state index is 12.5. The van der Waals surface area contributed by atoms with Gasteiger partial charge in [-0.1, -0.05) is 359 Å². The summed E-state index contributed by atoms with van der Waals surface area (Å²) < 4.78 is 5.50. The van der Waals surface area contributed by atoms with Gasteiger partial charge in [0.2, 0.25) is 5.91 Å². The summed E-state index contributed by atoms with van der Waals surface area (Å²) in [4.78, 5) is 24.6. The van der Waals surface area contributed by atoms with Crippen molar-refractivity contribution < 1.29 is 24.5 Å². The van der Waals surface area contributed by atoms with E-state index in [4.69, 9.17) is 4.74 Å². The fraction of sp³-hybridized carbons (Fsp3) is 0.892. The Morgan fingerprint density at radius 1 is 0.350 bits per heavy atom. The SMILES string of the molecule is CCCCC/C=C\C/C=C\CCCCCCCCCC(=O)OCCCCCCCCCCCCCCCCCCCCCCCCCCCCCCCCCC(=O)NC(CO)C(O)/C=C/CCCCCCCCCCCCCCC. The molecule has 80 heavy (non-hydrogen) atoms. The molecule has 2 unspecified atom stereocenters. The third-order valence-corrected chi connectivity index (χ3v) is 16.9. The van der Waals surface area contributed by atoms with Crippen LogP contribution in [0.3, 0.4) is 0 Å². The molecule has 0 aromatic rings. The monoisotopic (exact) mass is 1120 g/mol. The minimum absolute atomic E-state index is 0.0130. The molecule has 0 radical (unpaired) electrons. The summed E-state index contributed by atoms with van der Waals surface area (Å²) >= 11 is 0. The van der Waals surface area contributed by atoms with E-state index in [1.54, 1.807) is 6.08 Å². The molecule has 6 nitrogen and oxygen atoms in total. The molecule has 2 atom stereocenters. The number of carbonyl (C=O) groups is 2. The molecular formula is C74H141NO5. The van der Waals surface area contributed by atoms with Gasteiger partial charge in [0.25, 0.3) is 0 Å². The van der Waals surface area contributed by atoms with Crippen molar-refractivity contribution in [3.63, 3.8) is 0 Å². The van der Waals surface area contributed by atoms with E-state index in [0.29, 0.717) is 19.4 Å². The Labute approximate surface area is 500 Å². The summed E-state index contributed by atoms with van der Waals surface area (Å²) in [6.45, 7) is 4.91. The van der Waals surface area contributed by atoms with E-state index in [2.05, 4.69) is 43.5 Å². The molecule has 0 saturated carbocycles. The van der Waals surface area contributed by atoms with Crippen LogP contribution in [-0.2, 0) is 14.3 Å². The zero-order chi connectivity index (χ0) is 57.8. The molecule has 0 spiro atoms. The molecule has 6 heteroatoms. The second-order valence-corrected chi connectivity index (χ2v) is 24.9. The highest BCUT2D eigenvalue weighted by Gasteiger charge is 2.18. The van der Waals surface area contributed by atoms with Gasteiger partial charge in [0, 0.05) is 12.8 Å². The van der Waals surface area contributed by atoms with Crippen molar-refractivity contribution in [2.45, 2.75) is 411 Å². The fourth-order valence-corrected chi connectivity index (χ4v) is 11.4.